The number of piperidine rings is 1. The molecule has 1 atom stereocenters. The van der Waals surface area contributed by atoms with Gasteiger partial charge in [0.25, 0.3) is 0 Å². The van der Waals surface area contributed by atoms with Crippen LogP contribution in [0.15, 0.2) is 30.3 Å². The Labute approximate surface area is 166 Å². The first-order valence-electron chi connectivity index (χ1n) is 9.89. The molecule has 2 heterocycles. The van der Waals surface area contributed by atoms with Gasteiger partial charge in [-0.25, -0.2) is 9.59 Å². The monoisotopic (exact) mass is 390 g/mol. The molecule has 0 bridgehead atoms. The number of carbonyl (C=O) groups excluding carboxylic acids is 2. The molecule has 0 spiro atoms. The van der Waals surface area contributed by atoms with Gasteiger partial charge in [-0.15, -0.1) is 0 Å². The molecule has 0 N–H and O–H groups in total. The lowest BCUT2D eigenvalue weighted by Gasteiger charge is -2.42. The maximum Gasteiger partial charge on any atom is 0.410 e. The lowest BCUT2D eigenvalue weighted by atomic mass is 10.1. The van der Waals surface area contributed by atoms with Crippen LogP contribution in [0.3, 0.4) is 0 Å². The molecule has 2 aliphatic rings. The van der Waals surface area contributed by atoms with Crippen molar-refractivity contribution < 1.29 is 23.8 Å². The fourth-order valence-corrected chi connectivity index (χ4v) is 3.30. The molecule has 7 nitrogen and oxygen atoms in total. The third-order valence-electron chi connectivity index (χ3n) is 4.73. The average molecular weight is 390 g/mol. The van der Waals surface area contributed by atoms with Crippen LogP contribution in [-0.2, 0) is 20.8 Å². The second-order valence-electron chi connectivity index (χ2n) is 8.39. The lowest BCUT2D eigenvalue weighted by molar-refractivity contribution is -0.107. The second kappa shape index (κ2) is 8.82. The molecule has 154 valence electrons. The molecule has 2 amide bonds. The molecule has 0 aromatic heterocycles. The van der Waals surface area contributed by atoms with Gasteiger partial charge in [0.2, 0.25) is 0 Å². The topological polar surface area (TPSA) is 68.3 Å². The van der Waals surface area contributed by atoms with Crippen LogP contribution < -0.4 is 0 Å². The van der Waals surface area contributed by atoms with E-state index in [1.807, 2.05) is 51.1 Å². The van der Waals surface area contributed by atoms with E-state index < -0.39 is 5.60 Å². The summed E-state index contributed by atoms with van der Waals surface area (Å²) in [5.41, 5.74) is 0.477. The van der Waals surface area contributed by atoms with Crippen molar-refractivity contribution in [3.05, 3.63) is 35.9 Å². The highest BCUT2D eigenvalue weighted by molar-refractivity contribution is 5.69. The van der Waals surface area contributed by atoms with Gasteiger partial charge in [-0.3, -0.25) is 0 Å². The second-order valence-corrected chi connectivity index (χ2v) is 8.39. The Morgan fingerprint density at radius 2 is 1.68 bits per heavy atom. The Balaban J connectivity index is 1.38. The molecule has 0 radical (unpaired) electrons. The summed E-state index contributed by atoms with van der Waals surface area (Å²) < 4.78 is 16.9. The molecule has 2 saturated heterocycles. The molecule has 2 fully saturated rings. The van der Waals surface area contributed by atoms with Gasteiger partial charge < -0.3 is 24.0 Å². The van der Waals surface area contributed by atoms with E-state index in [1.54, 1.807) is 9.80 Å². The Kier molecular flexibility index (Phi) is 6.44. The van der Waals surface area contributed by atoms with Gasteiger partial charge in [-0.05, 0) is 39.2 Å². The first-order valence-corrected chi connectivity index (χ1v) is 9.89. The molecular formula is C21H30N2O5. The third-order valence-corrected chi connectivity index (χ3v) is 4.73. The van der Waals surface area contributed by atoms with Gasteiger partial charge in [-0.1, -0.05) is 30.3 Å². The van der Waals surface area contributed by atoms with Crippen LogP contribution in [0.1, 0.15) is 39.2 Å². The van der Waals surface area contributed by atoms with Crippen molar-refractivity contribution in [3.63, 3.8) is 0 Å². The molecule has 1 aromatic carbocycles. The first kappa shape index (κ1) is 20.5. The van der Waals surface area contributed by atoms with Crippen LogP contribution in [0, 0.1) is 0 Å². The number of ether oxygens (including phenoxy) is 3. The molecule has 1 unspecified atom stereocenters. The van der Waals surface area contributed by atoms with E-state index in [0.29, 0.717) is 26.2 Å². The quantitative estimate of drug-likeness (QED) is 0.788. The minimum Gasteiger partial charge on any atom is -0.445 e. The zero-order chi connectivity index (χ0) is 20.1. The normalized spacial score (nSPS) is 20.5. The number of hydrogen-bond donors (Lipinski definition) is 0. The number of nitrogens with zero attached hydrogens (tertiary/aromatic N) is 2. The van der Waals surface area contributed by atoms with Crippen LogP contribution in [0.4, 0.5) is 9.59 Å². The van der Waals surface area contributed by atoms with Crippen molar-refractivity contribution in [3.8, 4) is 0 Å². The predicted octanol–water partition coefficient (Wildman–Crippen LogP) is 3.42. The van der Waals surface area contributed by atoms with Crippen LogP contribution in [-0.4, -0.2) is 66.0 Å². The van der Waals surface area contributed by atoms with Crippen molar-refractivity contribution in [2.75, 3.05) is 26.2 Å². The summed E-state index contributed by atoms with van der Waals surface area (Å²) in [6.07, 6.45) is 1.16. The number of likely N-dealkylation sites (tertiary alicyclic amines) is 2. The summed E-state index contributed by atoms with van der Waals surface area (Å²) in [5.74, 6) is 0. The number of amides is 2. The molecule has 0 aliphatic carbocycles. The van der Waals surface area contributed by atoms with Gasteiger partial charge in [0, 0.05) is 6.54 Å². The smallest absolute Gasteiger partial charge is 0.410 e. The third kappa shape index (κ3) is 5.86. The summed E-state index contributed by atoms with van der Waals surface area (Å²) in [5, 5.41) is 0. The lowest BCUT2D eigenvalue weighted by Crippen LogP contribution is -2.58. The van der Waals surface area contributed by atoms with E-state index in [1.165, 1.54) is 0 Å². The van der Waals surface area contributed by atoms with Crippen molar-refractivity contribution in [2.45, 2.75) is 58.0 Å². The van der Waals surface area contributed by atoms with E-state index in [9.17, 15) is 9.59 Å². The predicted molar refractivity (Wildman–Crippen MR) is 104 cm³/mol. The Morgan fingerprint density at radius 3 is 2.36 bits per heavy atom. The van der Waals surface area contributed by atoms with Crippen molar-refractivity contribution in [2.24, 2.45) is 0 Å². The Bertz CT molecular complexity index is 667. The number of rotatable bonds is 4. The van der Waals surface area contributed by atoms with Crippen LogP contribution >= 0.6 is 0 Å². The Morgan fingerprint density at radius 1 is 1.00 bits per heavy atom. The fourth-order valence-electron chi connectivity index (χ4n) is 3.30. The highest BCUT2D eigenvalue weighted by Gasteiger charge is 2.37. The van der Waals surface area contributed by atoms with E-state index in [-0.39, 0.29) is 31.0 Å². The standard InChI is InChI=1S/C21H30N2O5/c1-21(2,3)28-20(25)23-13-18(14-23)27-17-10-7-11-22(12-17)19(24)26-15-16-8-5-4-6-9-16/h4-6,8-9,17-18H,7,10-15H2,1-3H3. The summed E-state index contributed by atoms with van der Waals surface area (Å²) in [4.78, 5) is 27.7. The largest absolute Gasteiger partial charge is 0.445 e. The number of carbonyl (C=O) groups is 2. The first-order chi connectivity index (χ1) is 13.3. The van der Waals surface area contributed by atoms with Crippen molar-refractivity contribution in [1.29, 1.82) is 0 Å². The zero-order valence-corrected chi connectivity index (χ0v) is 16.9. The van der Waals surface area contributed by atoms with Gasteiger partial charge in [0.15, 0.2) is 0 Å². The maximum atomic E-state index is 12.3. The van der Waals surface area contributed by atoms with Gasteiger partial charge >= 0.3 is 12.2 Å². The molecule has 3 rings (SSSR count). The minimum absolute atomic E-state index is 0.00203. The molecule has 0 saturated carbocycles. The maximum absolute atomic E-state index is 12.3. The Hall–Kier alpha value is -2.28. The van der Waals surface area contributed by atoms with E-state index in [4.69, 9.17) is 14.2 Å². The van der Waals surface area contributed by atoms with E-state index in [2.05, 4.69) is 0 Å². The average Bonchev–Trinajstić information content (AvgIpc) is 2.62. The van der Waals surface area contributed by atoms with Crippen molar-refractivity contribution >= 4 is 12.2 Å². The van der Waals surface area contributed by atoms with Crippen LogP contribution in [0.25, 0.3) is 0 Å². The molecular weight excluding hydrogens is 360 g/mol. The highest BCUT2D eigenvalue weighted by atomic mass is 16.6. The van der Waals surface area contributed by atoms with Gasteiger partial charge in [0.1, 0.15) is 12.2 Å². The SMILES string of the molecule is CC(C)(C)OC(=O)N1CC(OC2CCCN(C(=O)OCc3ccccc3)C2)C1. The minimum atomic E-state index is -0.493. The zero-order valence-electron chi connectivity index (χ0n) is 16.9. The fraction of sp³-hybridized carbons (Fsp3) is 0.619. The highest BCUT2D eigenvalue weighted by Crippen LogP contribution is 2.22. The summed E-state index contributed by atoms with van der Waals surface area (Å²) >= 11 is 0. The van der Waals surface area contributed by atoms with Crippen LogP contribution in [0.5, 0.6) is 0 Å². The molecule has 7 heteroatoms. The summed E-state index contributed by atoms with van der Waals surface area (Å²) in [6, 6.07) is 9.65. The molecule has 1 aromatic rings. The molecule has 2 aliphatic heterocycles. The van der Waals surface area contributed by atoms with Gasteiger partial charge in [-0.2, -0.15) is 0 Å². The van der Waals surface area contributed by atoms with Gasteiger partial charge in [0.05, 0.1) is 31.8 Å². The van der Waals surface area contributed by atoms with Crippen LogP contribution in [0.2, 0.25) is 0 Å². The number of hydrogen-bond acceptors (Lipinski definition) is 5. The van der Waals surface area contributed by atoms with E-state index in [0.717, 1.165) is 18.4 Å². The van der Waals surface area contributed by atoms with E-state index >= 15 is 0 Å². The van der Waals surface area contributed by atoms with Crippen molar-refractivity contribution in [1.82, 2.24) is 9.80 Å². The number of benzene rings is 1. The summed E-state index contributed by atoms with van der Waals surface area (Å²) in [7, 11) is 0. The molecule has 28 heavy (non-hydrogen) atoms. The summed E-state index contributed by atoms with van der Waals surface area (Å²) in [6.45, 7) is 8.10.